The zero-order valence-corrected chi connectivity index (χ0v) is 15.8. The van der Waals surface area contributed by atoms with E-state index < -0.39 is 0 Å². The number of hydrogen-bond donors (Lipinski definition) is 1. The molecule has 1 N–H and O–H groups in total. The van der Waals surface area contributed by atoms with Crippen LogP contribution in [0.25, 0.3) is 16.8 Å². The molecule has 0 radical (unpaired) electrons. The molecule has 1 aromatic carbocycles. The second kappa shape index (κ2) is 7.11. The zero-order valence-electron chi connectivity index (χ0n) is 15.0. The van der Waals surface area contributed by atoms with Gasteiger partial charge >= 0.3 is 0 Å². The normalized spacial score (nSPS) is 17.9. The number of nitrogens with one attached hydrogen (secondary N) is 1. The molecule has 0 spiro atoms. The number of amides is 1. The van der Waals surface area contributed by atoms with Crippen LogP contribution in [0.2, 0.25) is 0 Å². The summed E-state index contributed by atoms with van der Waals surface area (Å²) in [6, 6.07) is 12.2. The Morgan fingerprint density at radius 1 is 1.19 bits per heavy atom. The van der Waals surface area contributed by atoms with Crippen LogP contribution in [0.3, 0.4) is 0 Å². The lowest BCUT2D eigenvalue weighted by atomic mass is 10.1. The van der Waals surface area contributed by atoms with Crippen LogP contribution in [0.15, 0.2) is 41.6 Å². The maximum atomic E-state index is 12.4. The van der Waals surface area contributed by atoms with E-state index >= 15 is 0 Å². The van der Waals surface area contributed by atoms with Gasteiger partial charge in [0.05, 0.1) is 22.2 Å². The van der Waals surface area contributed by atoms with Crippen molar-refractivity contribution in [1.82, 2.24) is 19.9 Å². The average Bonchev–Trinajstić information content (AvgIpc) is 2.86. The van der Waals surface area contributed by atoms with Gasteiger partial charge in [0.1, 0.15) is 0 Å². The molecule has 5 nitrogen and oxygen atoms in total. The van der Waals surface area contributed by atoms with Crippen LogP contribution >= 0.6 is 11.8 Å². The highest BCUT2D eigenvalue weighted by Crippen LogP contribution is 2.34. The molecular weight excluding hydrogens is 344 g/mol. The monoisotopic (exact) mass is 366 g/mol. The Morgan fingerprint density at radius 2 is 2.00 bits per heavy atom. The molecule has 134 valence electrons. The van der Waals surface area contributed by atoms with E-state index in [-0.39, 0.29) is 11.2 Å². The largest absolute Gasteiger partial charge is 0.355 e. The molecule has 6 heteroatoms. The number of imidazole rings is 1. The zero-order chi connectivity index (χ0) is 18.1. The van der Waals surface area contributed by atoms with E-state index in [0.29, 0.717) is 0 Å². The lowest BCUT2D eigenvalue weighted by Crippen LogP contribution is -2.30. The maximum Gasteiger partial charge on any atom is 0.233 e. The SMILES string of the molecule is Cc1cc(C)c2c(-c3ccccc3)nc(S[C@@H]3CCCCNC3=O)n2n1. The van der Waals surface area contributed by atoms with E-state index in [1.807, 2.05) is 29.6 Å². The Hall–Kier alpha value is -2.34. The Morgan fingerprint density at radius 3 is 2.81 bits per heavy atom. The molecule has 2 aromatic heterocycles. The average molecular weight is 366 g/mol. The second-order valence-electron chi connectivity index (χ2n) is 6.73. The fraction of sp³-hybridized carbons (Fsp3) is 0.350. The van der Waals surface area contributed by atoms with Gasteiger partial charge in [-0.2, -0.15) is 5.10 Å². The number of aromatic nitrogens is 3. The summed E-state index contributed by atoms with van der Waals surface area (Å²) in [5, 5.41) is 8.37. The third-order valence-corrected chi connectivity index (χ3v) is 5.87. The van der Waals surface area contributed by atoms with Crippen molar-refractivity contribution in [3.05, 3.63) is 47.7 Å². The molecule has 0 bridgehead atoms. The van der Waals surface area contributed by atoms with Crippen molar-refractivity contribution in [2.45, 2.75) is 43.5 Å². The van der Waals surface area contributed by atoms with Crippen molar-refractivity contribution in [2.24, 2.45) is 0 Å². The van der Waals surface area contributed by atoms with Gasteiger partial charge in [-0.15, -0.1) is 0 Å². The Bertz CT molecular complexity index is 951. The van der Waals surface area contributed by atoms with Crippen LogP contribution in [0.1, 0.15) is 30.5 Å². The maximum absolute atomic E-state index is 12.4. The van der Waals surface area contributed by atoms with Crippen molar-refractivity contribution in [1.29, 1.82) is 0 Å². The van der Waals surface area contributed by atoms with E-state index in [1.165, 1.54) is 11.8 Å². The molecule has 3 aromatic rings. The topological polar surface area (TPSA) is 59.3 Å². The Labute approximate surface area is 157 Å². The van der Waals surface area contributed by atoms with E-state index in [9.17, 15) is 4.79 Å². The molecule has 1 atom stereocenters. The smallest absolute Gasteiger partial charge is 0.233 e. The number of fused-ring (bicyclic) bond motifs is 1. The number of thioether (sulfide) groups is 1. The van der Waals surface area contributed by atoms with Crippen molar-refractivity contribution >= 4 is 23.2 Å². The molecule has 0 saturated carbocycles. The lowest BCUT2D eigenvalue weighted by molar-refractivity contribution is -0.120. The molecule has 1 fully saturated rings. The third-order valence-electron chi connectivity index (χ3n) is 4.66. The minimum Gasteiger partial charge on any atom is -0.355 e. The first-order chi connectivity index (χ1) is 12.6. The van der Waals surface area contributed by atoms with Crippen LogP contribution in [-0.2, 0) is 4.79 Å². The quantitative estimate of drug-likeness (QED) is 0.766. The summed E-state index contributed by atoms with van der Waals surface area (Å²) >= 11 is 1.53. The number of nitrogens with zero attached hydrogens (tertiary/aromatic N) is 3. The first-order valence-corrected chi connectivity index (χ1v) is 9.88. The molecule has 3 heterocycles. The van der Waals surface area contributed by atoms with Crippen LogP contribution in [0.5, 0.6) is 0 Å². The molecule has 4 rings (SSSR count). The summed E-state index contributed by atoms with van der Waals surface area (Å²) in [6.07, 6.45) is 2.96. The van der Waals surface area contributed by atoms with Gasteiger partial charge in [-0.25, -0.2) is 9.50 Å². The number of carbonyl (C=O) groups excluding carboxylic acids is 1. The number of carbonyl (C=O) groups is 1. The number of aryl methyl sites for hydroxylation is 2. The highest BCUT2D eigenvalue weighted by molar-refractivity contribution is 8.00. The molecule has 26 heavy (non-hydrogen) atoms. The van der Waals surface area contributed by atoms with Crippen molar-refractivity contribution in [3.8, 4) is 11.3 Å². The number of benzene rings is 1. The lowest BCUT2D eigenvalue weighted by Gasteiger charge is -2.11. The first-order valence-electron chi connectivity index (χ1n) is 9.00. The van der Waals surface area contributed by atoms with Gasteiger partial charge in [0.25, 0.3) is 0 Å². The number of hydrogen-bond acceptors (Lipinski definition) is 4. The van der Waals surface area contributed by atoms with Crippen LogP contribution in [0, 0.1) is 13.8 Å². The predicted octanol–water partition coefficient (Wildman–Crippen LogP) is 3.77. The third kappa shape index (κ3) is 3.21. The summed E-state index contributed by atoms with van der Waals surface area (Å²) in [6.45, 7) is 4.84. The van der Waals surface area contributed by atoms with Crippen LogP contribution in [0.4, 0.5) is 0 Å². The number of rotatable bonds is 3. The summed E-state index contributed by atoms with van der Waals surface area (Å²) in [5.74, 6) is 0.106. The molecule has 1 amide bonds. The minimum absolute atomic E-state index is 0.106. The van der Waals surface area contributed by atoms with E-state index in [1.54, 1.807) is 0 Å². The standard InChI is InChI=1S/C20H22N4OS/c1-13-12-14(2)23-24-18(13)17(15-8-4-3-5-9-15)22-20(24)26-16-10-6-7-11-21-19(16)25/h3-5,8-9,12,16H,6-7,10-11H2,1-2H3,(H,21,25)/t16-/m1/s1. The van der Waals surface area contributed by atoms with Gasteiger partial charge in [-0.3, -0.25) is 4.79 Å². The van der Waals surface area contributed by atoms with Crippen LogP contribution in [-0.4, -0.2) is 32.3 Å². The molecule has 0 unspecified atom stereocenters. The second-order valence-corrected chi connectivity index (χ2v) is 7.90. The van der Waals surface area contributed by atoms with Gasteiger partial charge < -0.3 is 5.32 Å². The van der Waals surface area contributed by atoms with Gasteiger partial charge in [0.2, 0.25) is 5.91 Å². The summed E-state index contributed by atoms with van der Waals surface area (Å²) < 4.78 is 1.91. The Kier molecular flexibility index (Phi) is 4.68. The fourth-order valence-electron chi connectivity index (χ4n) is 3.43. The molecular formula is C20H22N4OS. The van der Waals surface area contributed by atoms with Crippen molar-refractivity contribution in [2.75, 3.05) is 6.54 Å². The molecule has 1 aliphatic rings. The molecule has 1 saturated heterocycles. The van der Waals surface area contributed by atoms with Gasteiger partial charge in [-0.05, 0) is 38.3 Å². The molecule has 0 aliphatic carbocycles. The summed E-state index contributed by atoms with van der Waals surface area (Å²) in [4.78, 5) is 17.3. The molecule has 1 aliphatic heterocycles. The first kappa shape index (κ1) is 17.1. The summed E-state index contributed by atoms with van der Waals surface area (Å²) in [7, 11) is 0. The van der Waals surface area contributed by atoms with Gasteiger partial charge in [-0.1, -0.05) is 48.5 Å². The van der Waals surface area contributed by atoms with Crippen molar-refractivity contribution in [3.63, 3.8) is 0 Å². The highest BCUT2D eigenvalue weighted by atomic mass is 32.2. The Balaban J connectivity index is 1.83. The van der Waals surface area contributed by atoms with Crippen LogP contribution < -0.4 is 5.32 Å². The fourth-order valence-corrected chi connectivity index (χ4v) is 4.54. The minimum atomic E-state index is -0.116. The van der Waals surface area contributed by atoms with E-state index in [0.717, 1.165) is 59.0 Å². The van der Waals surface area contributed by atoms with E-state index in [4.69, 9.17) is 10.1 Å². The van der Waals surface area contributed by atoms with Gasteiger partial charge in [0, 0.05) is 12.1 Å². The van der Waals surface area contributed by atoms with E-state index in [2.05, 4.69) is 30.4 Å². The van der Waals surface area contributed by atoms with Crippen molar-refractivity contribution < 1.29 is 4.79 Å². The highest BCUT2D eigenvalue weighted by Gasteiger charge is 2.25. The predicted molar refractivity (Wildman–Crippen MR) is 104 cm³/mol. The van der Waals surface area contributed by atoms with Gasteiger partial charge in [0.15, 0.2) is 5.16 Å². The summed E-state index contributed by atoms with van der Waals surface area (Å²) in [5.41, 5.74) is 5.08.